The molecule has 1 N–H and O–H groups in total. The van der Waals surface area contributed by atoms with Crippen molar-refractivity contribution in [1.82, 2.24) is 0 Å². The lowest BCUT2D eigenvalue weighted by atomic mass is 9.67. The highest BCUT2D eigenvalue weighted by atomic mass is 16.5. The summed E-state index contributed by atoms with van der Waals surface area (Å²) in [5.74, 6) is 1.60. The smallest absolute Gasteiger partial charge is 0.0834 e. The Morgan fingerprint density at radius 2 is 1.84 bits per heavy atom. The minimum atomic E-state index is -0.215. The van der Waals surface area contributed by atoms with Crippen LogP contribution in [0.25, 0.3) is 0 Å². The predicted octanol–water partition coefficient (Wildman–Crippen LogP) is 3.77. The second-order valence-electron chi connectivity index (χ2n) is 8.03. The third-order valence-electron chi connectivity index (χ3n) is 7.15. The van der Waals surface area contributed by atoms with Gasteiger partial charge in [-0.1, -0.05) is 33.6 Å². The van der Waals surface area contributed by atoms with E-state index in [1.54, 1.807) is 0 Å². The minimum Gasteiger partial charge on any atom is -0.390 e. The zero-order valence-electron chi connectivity index (χ0n) is 12.8. The summed E-state index contributed by atoms with van der Waals surface area (Å²) in [6, 6.07) is 0. The van der Waals surface area contributed by atoms with Crippen molar-refractivity contribution in [3.8, 4) is 0 Å². The van der Waals surface area contributed by atoms with Crippen LogP contribution in [0.4, 0.5) is 0 Å². The van der Waals surface area contributed by atoms with Crippen molar-refractivity contribution in [2.45, 2.75) is 77.9 Å². The van der Waals surface area contributed by atoms with Crippen LogP contribution in [-0.4, -0.2) is 23.9 Å². The van der Waals surface area contributed by atoms with Crippen LogP contribution < -0.4 is 0 Å². The van der Waals surface area contributed by atoms with Gasteiger partial charge in [0.05, 0.1) is 18.8 Å². The fourth-order valence-electron chi connectivity index (χ4n) is 5.13. The van der Waals surface area contributed by atoms with Crippen molar-refractivity contribution in [3.05, 3.63) is 0 Å². The second-order valence-corrected chi connectivity index (χ2v) is 8.03. The monoisotopic (exact) mass is 266 g/mol. The molecule has 0 saturated heterocycles. The van der Waals surface area contributed by atoms with Crippen LogP contribution in [0.3, 0.4) is 0 Å². The van der Waals surface area contributed by atoms with Gasteiger partial charge in [-0.3, -0.25) is 0 Å². The molecule has 3 aliphatic rings. The van der Waals surface area contributed by atoms with Crippen LogP contribution in [-0.2, 0) is 4.74 Å². The third kappa shape index (κ3) is 2.06. The number of hydrogen-bond donors (Lipinski definition) is 1. The van der Waals surface area contributed by atoms with E-state index in [4.69, 9.17) is 4.74 Å². The molecule has 19 heavy (non-hydrogen) atoms. The summed E-state index contributed by atoms with van der Waals surface area (Å²) < 4.78 is 6.14. The van der Waals surface area contributed by atoms with E-state index in [-0.39, 0.29) is 12.2 Å². The summed E-state index contributed by atoms with van der Waals surface area (Å²) in [7, 11) is 0. The maximum Gasteiger partial charge on any atom is 0.0834 e. The highest BCUT2D eigenvalue weighted by molar-refractivity contribution is 5.09. The normalized spacial score (nSPS) is 48.6. The molecule has 0 spiro atoms. The first-order valence-corrected chi connectivity index (χ1v) is 8.25. The summed E-state index contributed by atoms with van der Waals surface area (Å²) in [6.45, 7) is 8.27. The second kappa shape index (κ2) is 4.73. The van der Waals surface area contributed by atoms with Crippen LogP contribution >= 0.6 is 0 Å². The highest BCUT2D eigenvalue weighted by Gasteiger charge is 2.61. The number of fused-ring (bicyclic) bond motifs is 2. The Kier molecular flexibility index (Phi) is 3.46. The number of ether oxygens (including phenoxy) is 1. The van der Waals surface area contributed by atoms with E-state index < -0.39 is 0 Å². The van der Waals surface area contributed by atoms with Crippen LogP contribution in [0.5, 0.6) is 0 Å². The molecule has 2 bridgehead atoms. The van der Waals surface area contributed by atoms with Gasteiger partial charge >= 0.3 is 0 Å². The molecule has 3 aliphatic carbocycles. The lowest BCUT2D eigenvalue weighted by molar-refractivity contribution is -0.0846. The van der Waals surface area contributed by atoms with E-state index >= 15 is 0 Å². The van der Waals surface area contributed by atoms with Crippen molar-refractivity contribution < 1.29 is 9.84 Å². The molecule has 5 atom stereocenters. The summed E-state index contributed by atoms with van der Waals surface area (Å²) in [5, 5.41) is 10.0. The molecular weight excluding hydrogens is 236 g/mol. The van der Waals surface area contributed by atoms with Gasteiger partial charge in [0.15, 0.2) is 0 Å². The molecule has 0 aromatic carbocycles. The molecule has 0 aromatic rings. The fourth-order valence-corrected chi connectivity index (χ4v) is 5.13. The van der Waals surface area contributed by atoms with Crippen LogP contribution in [0, 0.1) is 22.7 Å². The average molecular weight is 266 g/mol. The third-order valence-corrected chi connectivity index (χ3v) is 7.15. The zero-order chi connectivity index (χ0) is 13.7. The van der Waals surface area contributed by atoms with E-state index in [0.29, 0.717) is 16.7 Å². The van der Waals surface area contributed by atoms with Gasteiger partial charge in [0.2, 0.25) is 0 Å². The lowest BCUT2D eigenvalue weighted by Crippen LogP contribution is -2.38. The summed E-state index contributed by atoms with van der Waals surface area (Å²) in [6.07, 6.45) is 8.38. The van der Waals surface area contributed by atoms with Crippen LogP contribution in [0.2, 0.25) is 0 Å². The molecule has 0 aromatic heterocycles. The van der Waals surface area contributed by atoms with Crippen molar-refractivity contribution in [2.24, 2.45) is 22.7 Å². The largest absolute Gasteiger partial charge is 0.390 e. The number of rotatable bonds is 3. The number of aliphatic hydroxyl groups excluding tert-OH is 1. The Bertz CT molecular complexity index is 338. The molecule has 0 radical (unpaired) electrons. The Morgan fingerprint density at radius 1 is 1.11 bits per heavy atom. The van der Waals surface area contributed by atoms with Crippen molar-refractivity contribution in [3.63, 3.8) is 0 Å². The number of aliphatic hydroxyl groups is 1. The molecule has 2 heteroatoms. The van der Waals surface area contributed by atoms with Gasteiger partial charge < -0.3 is 9.84 Å². The maximum absolute atomic E-state index is 10.0. The lowest BCUT2D eigenvalue weighted by Gasteiger charge is -2.40. The summed E-state index contributed by atoms with van der Waals surface area (Å²) >= 11 is 0. The molecule has 3 saturated carbocycles. The molecular formula is C17H30O2. The van der Waals surface area contributed by atoms with Crippen molar-refractivity contribution in [2.75, 3.05) is 6.61 Å². The average Bonchev–Trinajstić information content (AvgIpc) is 2.70. The van der Waals surface area contributed by atoms with E-state index in [1.807, 2.05) is 0 Å². The zero-order valence-corrected chi connectivity index (χ0v) is 12.8. The van der Waals surface area contributed by atoms with Gasteiger partial charge in [-0.25, -0.2) is 0 Å². The quantitative estimate of drug-likeness (QED) is 0.842. The molecule has 3 fully saturated rings. The Hall–Kier alpha value is -0.0800. The first-order valence-electron chi connectivity index (χ1n) is 8.25. The van der Waals surface area contributed by atoms with Crippen LogP contribution in [0.15, 0.2) is 0 Å². The SMILES string of the molecule is CC1(C)C2CCC1(C)C(COC1CCCCC1O)C2. The van der Waals surface area contributed by atoms with Crippen molar-refractivity contribution >= 4 is 0 Å². The van der Waals surface area contributed by atoms with Crippen molar-refractivity contribution in [1.29, 1.82) is 0 Å². The van der Waals surface area contributed by atoms with E-state index in [2.05, 4.69) is 20.8 Å². The van der Waals surface area contributed by atoms with E-state index in [9.17, 15) is 5.11 Å². The first kappa shape index (κ1) is 13.9. The minimum absolute atomic E-state index is 0.111. The highest BCUT2D eigenvalue weighted by Crippen LogP contribution is 2.68. The van der Waals surface area contributed by atoms with Gasteiger partial charge in [-0.2, -0.15) is 0 Å². The fraction of sp³-hybridized carbons (Fsp3) is 1.00. The predicted molar refractivity (Wildman–Crippen MR) is 76.9 cm³/mol. The molecule has 110 valence electrons. The molecule has 2 nitrogen and oxygen atoms in total. The van der Waals surface area contributed by atoms with Gasteiger partial charge in [-0.05, 0) is 54.8 Å². The molecule has 0 amide bonds. The summed E-state index contributed by atoms with van der Waals surface area (Å²) in [4.78, 5) is 0. The molecule has 3 rings (SSSR count). The van der Waals surface area contributed by atoms with Gasteiger partial charge in [0, 0.05) is 0 Å². The van der Waals surface area contributed by atoms with E-state index in [1.165, 1.54) is 25.7 Å². The topological polar surface area (TPSA) is 29.5 Å². The maximum atomic E-state index is 10.0. The van der Waals surface area contributed by atoms with Gasteiger partial charge in [0.25, 0.3) is 0 Å². The Labute approximate surface area is 117 Å². The molecule has 5 unspecified atom stereocenters. The standard InChI is InChI=1S/C17H30O2/c1-16(2)12-8-9-17(16,3)13(10-12)11-19-15-7-5-4-6-14(15)18/h12-15,18H,4-11H2,1-3H3. The Balaban J connectivity index is 1.60. The van der Waals surface area contributed by atoms with Crippen LogP contribution in [0.1, 0.15) is 65.7 Å². The number of hydrogen-bond acceptors (Lipinski definition) is 2. The molecule has 0 aliphatic heterocycles. The first-order chi connectivity index (χ1) is 8.95. The van der Waals surface area contributed by atoms with E-state index in [0.717, 1.165) is 31.8 Å². The Morgan fingerprint density at radius 3 is 2.42 bits per heavy atom. The van der Waals surface area contributed by atoms with Gasteiger partial charge in [0.1, 0.15) is 0 Å². The van der Waals surface area contributed by atoms with Gasteiger partial charge in [-0.15, -0.1) is 0 Å². The summed E-state index contributed by atoms with van der Waals surface area (Å²) in [5.41, 5.74) is 0.934. The molecule has 0 heterocycles.